The van der Waals surface area contributed by atoms with Gasteiger partial charge in [0.1, 0.15) is 18.9 Å². The van der Waals surface area contributed by atoms with Gasteiger partial charge >= 0.3 is 0 Å². The molecule has 0 fully saturated rings. The summed E-state index contributed by atoms with van der Waals surface area (Å²) in [6, 6.07) is 7.38. The highest BCUT2D eigenvalue weighted by Gasteiger charge is 2.08. The average Bonchev–Trinajstić information content (AvgIpc) is 2.93. The van der Waals surface area contributed by atoms with Gasteiger partial charge in [-0.15, -0.1) is 0 Å². The zero-order chi connectivity index (χ0) is 14.4. The van der Waals surface area contributed by atoms with Gasteiger partial charge in [0.05, 0.1) is 7.11 Å². The van der Waals surface area contributed by atoms with Crippen LogP contribution in [0.3, 0.4) is 0 Å². The zero-order valence-electron chi connectivity index (χ0n) is 11.6. The number of ether oxygens (including phenoxy) is 3. The SMILES string of the molecule is COCc1cc(COc2ccc(CN)cc2OC)no1. The molecule has 0 saturated carbocycles. The van der Waals surface area contributed by atoms with Crippen LogP contribution in [0.4, 0.5) is 0 Å². The van der Waals surface area contributed by atoms with E-state index < -0.39 is 0 Å². The second-order valence-electron chi connectivity index (χ2n) is 4.20. The lowest BCUT2D eigenvalue weighted by Crippen LogP contribution is -2.00. The molecule has 0 atom stereocenters. The first-order valence-corrected chi connectivity index (χ1v) is 6.20. The van der Waals surface area contributed by atoms with Gasteiger partial charge in [0.2, 0.25) is 0 Å². The summed E-state index contributed by atoms with van der Waals surface area (Å²) < 4.78 is 21.0. The first-order chi connectivity index (χ1) is 9.76. The van der Waals surface area contributed by atoms with Crippen molar-refractivity contribution in [1.82, 2.24) is 5.16 Å². The van der Waals surface area contributed by atoms with Crippen molar-refractivity contribution in [2.45, 2.75) is 19.8 Å². The number of rotatable bonds is 7. The minimum Gasteiger partial charge on any atom is -0.493 e. The van der Waals surface area contributed by atoms with E-state index in [1.807, 2.05) is 18.2 Å². The smallest absolute Gasteiger partial charge is 0.162 e. The third-order valence-electron chi connectivity index (χ3n) is 2.73. The summed E-state index contributed by atoms with van der Waals surface area (Å²) in [7, 11) is 3.19. The Kier molecular flexibility index (Phi) is 4.97. The van der Waals surface area contributed by atoms with Crippen molar-refractivity contribution in [3.8, 4) is 11.5 Å². The van der Waals surface area contributed by atoms with Gasteiger partial charge in [0.15, 0.2) is 17.3 Å². The van der Waals surface area contributed by atoms with Gasteiger partial charge in [-0.3, -0.25) is 0 Å². The lowest BCUT2D eigenvalue weighted by Gasteiger charge is -2.10. The molecule has 2 rings (SSSR count). The summed E-state index contributed by atoms with van der Waals surface area (Å²) in [6.45, 7) is 1.15. The molecule has 0 radical (unpaired) electrons. The van der Waals surface area contributed by atoms with Gasteiger partial charge in [-0.05, 0) is 17.7 Å². The number of hydrogen-bond donors (Lipinski definition) is 1. The summed E-state index contributed by atoms with van der Waals surface area (Å²) in [4.78, 5) is 0. The van der Waals surface area contributed by atoms with Crippen molar-refractivity contribution in [1.29, 1.82) is 0 Å². The van der Waals surface area contributed by atoms with E-state index in [2.05, 4.69) is 5.16 Å². The minimum absolute atomic E-state index is 0.297. The molecule has 2 aromatic rings. The molecule has 0 amide bonds. The van der Waals surface area contributed by atoms with Crippen LogP contribution in [0.2, 0.25) is 0 Å². The maximum absolute atomic E-state index is 5.68. The molecular weight excluding hydrogens is 260 g/mol. The highest BCUT2D eigenvalue weighted by Crippen LogP contribution is 2.28. The van der Waals surface area contributed by atoms with E-state index in [1.54, 1.807) is 20.3 Å². The van der Waals surface area contributed by atoms with Crippen LogP contribution < -0.4 is 15.2 Å². The Bertz CT molecular complexity index is 554. The Balaban J connectivity index is 2.02. The predicted molar refractivity (Wildman–Crippen MR) is 72.4 cm³/mol. The Labute approximate surface area is 117 Å². The predicted octanol–water partition coefficient (Wildman–Crippen LogP) is 1.87. The van der Waals surface area contributed by atoms with Gasteiger partial charge in [-0.25, -0.2) is 0 Å². The number of aromatic nitrogens is 1. The van der Waals surface area contributed by atoms with E-state index >= 15 is 0 Å². The van der Waals surface area contributed by atoms with Gasteiger partial charge in [0.25, 0.3) is 0 Å². The third-order valence-corrected chi connectivity index (χ3v) is 2.73. The lowest BCUT2D eigenvalue weighted by atomic mass is 10.2. The zero-order valence-corrected chi connectivity index (χ0v) is 11.6. The summed E-state index contributed by atoms with van der Waals surface area (Å²) in [5, 5.41) is 3.90. The molecule has 0 unspecified atom stereocenters. The first-order valence-electron chi connectivity index (χ1n) is 6.20. The monoisotopic (exact) mass is 278 g/mol. The van der Waals surface area contributed by atoms with E-state index in [-0.39, 0.29) is 0 Å². The van der Waals surface area contributed by atoms with Crippen molar-refractivity contribution in [3.63, 3.8) is 0 Å². The molecule has 0 bridgehead atoms. The number of nitrogens with zero attached hydrogens (tertiary/aromatic N) is 1. The Morgan fingerprint density at radius 1 is 1.15 bits per heavy atom. The van der Waals surface area contributed by atoms with Crippen LogP contribution in [0.15, 0.2) is 28.8 Å². The fourth-order valence-corrected chi connectivity index (χ4v) is 1.74. The summed E-state index contributed by atoms with van der Waals surface area (Å²) >= 11 is 0. The molecule has 0 aliphatic rings. The molecule has 6 heteroatoms. The second-order valence-corrected chi connectivity index (χ2v) is 4.20. The Hall–Kier alpha value is -2.05. The first kappa shape index (κ1) is 14.4. The van der Waals surface area contributed by atoms with Crippen molar-refractivity contribution in [2.75, 3.05) is 14.2 Å². The van der Waals surface area contributed by atoms with Crippen molar-refractivity contribution in [2.24, 2.45) is 5.73 Å². The standard InChI is InChI=1S/C14H18N2O4/c1-17-9-12-6-11(16-20-12)8-19-13-4-3-10(7-15)5-14(13)18-2/h3-6H,7-9,15H2,1-2H3. The molecule has 0 spiro atoms. The highest BCUT2D eigenvalue weighted by molar-refractivity contribution is 5.42. The third kappa shape index (κ3) is 3.49. The largest absolute Gasteiger partial charge is 0.493 e. The Morgan fingerprint density at radius 3 is 2.70 bits per heavy atom. The van der Waals surface area contributed by atoms with Crippen LogP contribution in [0.25, 0.3) is 0 Å². The second kappa shape index (κ2) is 6.93. The molecule has 6 nitrogen and oxygen atoms in total. The maximum Gasteiger partial charge on any atom is 0.162 e. The quantitative estimate of drug-likeness (QED) is 0.832. The molecule has 0 saturated heterocycles. The molecule has 1 aromatic carbocycles. The molecule has 2 N–H and O–H groups in total. The number of methoxy groups -OCH3 is 2. The van der Waals surface area contributed by atoms with Gasteiger partial charge < -0.3 is 24.5 Å². The lowest BCUT2D eigenvalue weighted by molar-refractivity contribution is 0.155. The average molecular weight is 278 g/mol. The van der Waals surface area contributed by atoms with Crippen LogP contribution in [0.1, 0.15) is 17.0 Å². The number of benzene rings is 1. The van der Waals surface area contributed by atoms with Crippen molar-refractivity contribution in [3.05, 3.63) is 41.3 Å². The molecular formula is C14H18N2O4. The summed E-state index contributed by atoms with van der Waals surface area (Å²) in [6.07, 6.45) is 0. The fourth-order valence-electron chi connectivity index (χ4n) is 1.74. The van der Waals surface area contributed by atoms with Crippen molar-refractivity contribution >= 4 is 0 Å². The molecule has 0 aliphatic carbocycles. The summed E-state index contributed by atoms with van der Waals surface area (Å²) in [5.41, 5.74) is 7.27. The molecule has 1 aromatic heterocycles. The van der Waals surface area contributed by atoms with Crippen LogP contribution in [0.5, 0.6) is 11.5 Å². The van der Waals surface area contributed by atoms with Crippen LogP contribution in [-0.2, 0) is 24.5 Å². The Morgan fingerprint density at radius 2 is 2.00 bits per heavy atom. The van der Waals surface area contributed by atoms with E-state index in [1.165, 1.54) is 0 Å². The van der Waals surface area contributed by atoms with Crippen LogP contribution in [-0.4, -0.2) is 19.4 Å². The number of hydrogen-bond acceptors (Lipinski definition) is 6. The topological polar surface area (TPSA) is 79.7 Å². The fraction of sp³-hybridized carbons (Fsp3) is 0.357. The summed E-state index contributed by atoms with van der Waals surface area (Å²) in [5.74, 6) is 1.95. The van der Waals surface area contributed by atoms with E-state index in [9.17, 15) is 0 Å². The normalized spacial score (nSPS) is 10.6. The molecule has 0 aliphatic heterocycles. The van der Waals surface area contributed by atoms with E-state index in [0.717, 1.165) is 5.56 Å². The van der Waals surface area contributed by atoms with Crippen molar-refractivity contribution < 1.29 is 18.7 Å². The molecule has 108 valence electrons. The number of nitrogens with two attached hydrogens (primary N) is 1. The van der Waals surface area contributed by atoms with Gasteiger partial charge in [0, 0.05) is 19.7 Å². The van der Waals surface area contributed by atoms with Gasteiger partial charge in [-0.2, -0.15) is 0 Å². The van der Waals surface area contributed by atoms with E-state index in [0.29, 0.717) is 42.7 Å². The van der Waals surface area contributed by atoms with Crippen LogP contribution in [0, 0.1) is 0 Å². The molecule has 20 heavy (non-hydrogen) atoms. The maximum atomic E-state index is 5.68. The van der Waals surface area contributed by atoms with Gasteiger partial charge in [-0.1, -0.05) is 11.2 Å². The minimum atomic E-state index is 0.297. The van der Waals surface area contributed by atoms with Crippen LogP contribution >= 0.6 is 0 Å². The molecule has 1 heterocycles. The van der Waals surface area contributed by atoms with E-state index in [4.69, 9.17) is 24.5 Å². The highest BCUT2D eigenvalue weighted by atomic mass is 16.5.